The summed E-state index contributed by atoms with van der Waals surface area (Å²) in [4.78, 5) is 27.2. The minimum absolute atomic E-state index is 0.0497. The molecule has 0 saturated heterocycles. The zero-order chi connectivity index (χ0) is 25.1. The van der Waals surface area contributed by atoms with E-state index in [2.05, 4.69) is 33.0 Å². The number of rotatable bonds is 13. The number of anilines is 1. The van der Waals surface area contributed by atoms with Crippen molar-refractivity contribution < 1.29 is 9.59 Å². The zero-order valence-corrected chi connectivity index (χ0v) is 22.1. The first kappa shape index (κ1) is 27.6. The second-order valence-electron chi connectivity index (χ2n) is 10.2. The Kier molecular flexibility index (Phi) is 10.8. The van der Waals surface area contributed by atoms with Gasteiger partial charge < -0.3 is 10.2 Å². The van der Waals surface area contributed by atoms with Crippen molar-refractivity contribution in [2.75, 3.05) is 18.4 Å². The molecule has 0 atom stereocenters. The molecule has 6 heteroatoms. The highest BCUT2D eigenvalue weighted by molar-refractivity contribution is 5.94. The summed E-state index contributed by atoms with van der Waals surface area (Å²) in [6.07, 6.45) is 8.70. The van der Waals surface area contributed by atoms with Crippen molar-refractivity contribution in [1.82, 2.24) is 14.7 Å². The Bertz CT molecular complexity index is 909. The van der Waals surface area contributed by atoms with E-state index in [-0.39, 0.29) is 23.8 Å². The average Bonchev–Trinajstić information content (AvgIpc) is 3.21. The van der Waals surface area contributed by atoms with E-state index in [4.69, 9.17) is 5.10 Å². The molecule has 188 valence electrons. The molecule has 0 fully saturated rings. The fourth-order valence-corrected chi connectivity index (χ4v) is 3.84. The third-order valence-corrected chi connectivity index (χ3v) is 6.09. The number of aromatic nitrogens is 2. The molecule has 2 aromatic rings. The summed E-state index contributed by atoms with van der Waals surface area (Å²) in [5.74, 6) is 0.464. The summed E-state index contributed by atoms with van der Waals surface area (Å²) in [5.41, 5.74) is 2.79. The summed E-state index contributed by atoms with van der Waals surface area (Å²) >= 11 is 0. The molecule has 0 aliphatic rings. The highest BCUT2D eigenvalue weighted by Gasteiger charge is 2.22. The van der Waals surface area contributed by atoms with Crippen molar-refractivity contribution in [3.63, 3.8) is 0 Å². The van der Waals surface area contributed by atoms with Gasteiger partial charge in [0.1, 0.15) is 5.82 Å². The molecule has 0 unspecified atom stereocenters. The number of hydrogen-bond acceptors (Lipinski definition) is 3. The maximum absolute atomic E-state index is 12.9. The minimum atomic E-state index is -0.205. The lowest BCUT2D eigenvalue weighted by molar-refractivity contribution is -0.134. The van der Waals surface area contributed by atoms with Crippen LogP contribution in [0.2, 0.25) is 0 Å². The number of hydrogen-bond donors (Lipinski definition) is 1. The van der Waals surface area contributed by atoms with Gasteiger partial charge in [0.25, 0.3) is 0 Å². The molecule has 0 spiro atoms. The monoisotopic (exact) mass is 468 g/mol. The number of carbonyl (C=O) groups excluding carboxylic acids is 2. The van der Waals surface area contributed by atoms with Gasteiger partial charge in [0, 0.05) is 24.4 Å². The van der Waals surface area contributed by atoms with E-state index < -0.39 is 0 Å². The van der Waals surface area contributed by atoms with Crippen molar-refractivity contribution in [3.8, 4) is 5.69 Å². The van der Waals surface area contributed by atoms with Gasteiger partial charge in [-0.3, -0.25) is 9.59 Å². The Morgan fingerprint density at radius 3 is 2.18 bits per heavy atom. The molecule has 2 amide bonds. The molecule has 0 radical (unpaired) electrons. The van der Waals surface area contributed by atoms with Crippen LogP contribution >= 0.6 is 0 Å². The molecule has 1 aromatic heterocycles. The Hall–Kier alpha value is -2.63. The quantitative estimate of drug-likeness (QED) is 0.346. The van der Waals surface area contributed by atoms with E-state index in [1.165, 1.54) is 32.1 Å². The third-order valence-electron chi connectivity index (χ3n) is 6.09. The van der Waals surface area contributed by atoms with E-state index in [1.807, 2.05) is 44.2 Å². The number of nitrogens with one attached hydrogen (secondary N) is 1. The SMILES string of the molecule is CCCCCCCCCC(=O)N(CC)CC(=O)Nc1cc(C(C)(C)C)nn1-c1ccc(C)cc1. The van der Waals surface area contributed by atoms with Crippen LogP contribution in [0.3, 0.4) is 0 Å². The Morgan fingerprint density at radius 1 is 0.971 bits per heavy atom. The van der Waals surface area contributed by atoms with Crippen molar-refractivity contribution in [2.45, 2.75) is 98.3 Å². The van der Waals surface area contributed by atoms with Crippen molar-refractivity contribution in [2.24, 2.45) is 0 Å². The minimum Gasteiger partial charge on any atom is -0.334 e. The normalized spacial score (nSPS) is 11.5. The smallest absolute Gasteiger partial charge is 0.245 e. The van der Waals surface area contributed by atoms with Gasteiger partial charge in [-0.15, -0.1) is 0 Å². The second kappa shape index (κ2) is 13.3. The summed E-state index contributed by atoms with van der Waals surface area (Å²) in [6, 6.07) is 9.97. The van der Waals surface area contributed by atoms with Crippen LogP contribution in [0.15, 0.2) is 30.3 Å². The number of aryl methyl sites for hydroxylation is 1. The van der Waals surface area contributed by atoms with Crippen molar-refractivity contribution in [1.29, 1.82) is 0 Å². The maximum atomic E-state index is 12.9. The van der Waals surface area contributed by atoms with Crippen LogP contribution in [0.1, 0.15) is 97.2 Å². The van der Waals surface area contributed by atoms with E-state index in [9.17, 15) is 9.59 Å². The first-order chi connectivity index (χ1) is 16.2. The summed E-state index contributed by atoms with van der Waals surface area (Å²) in [6.45, 7) is 13.0. The number of carbonyl (C=O) groups is 2. The molecule has 0 bridgehead atoms. The Labute approximate surface area is 206 Å². The van der Waals surface area contributed by atoms with Gasteiger partial charge in [-0.25, -0.2) is 4.68 Å². The second-order valence-corrected chi connectivity index (χ2v) is 10.2. The molecular formula is C28H44N4O2. The molecule has 34 heavy (non-hydrogen) atoms. The van der Waals surface area contributed by atoms with E-state index in [0.29, 0.717) is 18.8 Å². The number of benzene rings is 1. The van der Waals surface area contributed by atoms with Crippen molar-refractivity contribution in [3.05, 3.63) is 41.6 Å². The number of unbranched alkanes of at least 4 members (excludes halogenated alkanes) is 6. The highest BCUT2D eigenvalue weighted by atomic mass is 16.2. The average molecular weight is 469 g/mol. The van der Waals surface area contributed by atoms with E-state index in [0.717, 1.165) is 29.8 Å². The van der Waals surface area contributed by atoms with Gasteiger partial charge in [0.05, 0.1) is 17.9 Å². The maximum Gasteiger partial charge on any atom is 0.245 e. The van der Waals surface area contributed by atoms with Gasteiger partial charge in [0.2, 0.25) is 11.8 Å². The lowest BCUT2D eigenvalue weighted by Gasteiger charge is -2.20. The molecule has 0 aliphatic heterocycles. The fraction of sp³-hybridized carbons (Fsp3) is 0.607. The van der Waals surface area contributed by atoms with Crippen molar-refractivity contribution >= 4 is 17.6 Å². The van der Waals surface area contributed by atoms with Gasteiger partial charge in [-0.2, -0.15) is 5.10 Å². The first-order valence-corrected chi connectivity index (χ1v) is 12.9. The first-order valence-electron chi connectivity index (χ1n) is 12.9. The topological polar surface area (TPSA) is 67.2 Å². The summed E-state index contributed by atoms with van der Waals surface area (Å²) < 4.78 is 1.77. The Morgan fingerprint density at radius 2 is 1.59 bits per heavy atom. The molecule has 0 saturated carbocycles. The van der Waals surface area contributed by atoms with E-state index >= 15 is 0 Å². The zero-order valence-electron chi connectivity index (χ0n) is 22.1. The largest absolute Gasteiger partial charge is 0.334 e. The predicted molar refractivity (Wildman–Crippen MR) is 140 cm³/mol. The Balaban J connectivity index is 2.00. The number of nitrogens with zero attached hydrogens (tertiary/aromatic N) is 3. The summed E-state index contributed by atoms with van der Waals surface area (Å²) in [7, 11) is 0. The van der Waals surface area contributed by atoms with Crippen LogP contribution in [-0.2, 0) is 15.0 Å². The lowest BCUT2D eigenvalue weighted by Crippen LogP contribution is -2.38. The highest BCUT2D eigenvalue weighted by Crippen LogP contribution is 2.26. The molecule has 0 aliphatic carbocycles. The standard InChI is InChI=1S/C28H44N4O2/c1-7-9-10-11-12-13-14-15-27(34)31(8-2)21-26(33)29-25-20-24(28(4,5)6)30-32(25)23-18-16-22(3)17-19-23/h16-20H,7-15,21H2,1-6H3,(H,29,33). The van der Waals surface area contributed by atoms with Crippen LogP contribution in [0.4, 0.5) is 5.82 Å². The fourth-order valence-electron chi connectivity index (χ4n) is 3.84. The predicted octanol–water partition coefficient (Wildman–Crippen LogP) is 6.41. The van der Waals surface area contributed by atoms with Gasteiger partial charge in [-0.1, -0.05) is 83.9 Å². The number of likely N-dealkylation sites (N-methyl/N-ethyl adjacent to an activating group) is 1. The lowest BCUT2D eigenvalue weighted by atomic mass is 9.92. The molecular weight excluding hydrogens is 424 g/mol. The number of amides is 2. The molecule has 2 rings (SSSR count). The van der Waals surface area contributed by atoms with Gasteiger partial charge in [-0.05, 0) is 32.4 Å². The van der Waals surface area contributed by atoms with Crippen LogP contribution in [0.25, 0.3) is 5.69 Å². The van der Waals surface area contributed by atoms with Crippen LogP contribution in [0, 0.1) is 6.92 Å². The molecule has 6 nitrogen and oxygen atoms in total. The van der Waals surface area contributed by atoms with Crippen LogP contribution in [0.5, 0.6) is 0 Å². The summed E-state index contributed by atoms with van der Waals surface area (Å²) in [5, 5.41) is 7.77. The molecule has 1 aromatic carbocycles. The van der Waals surface area contributed by atoms with E-state index in [1.54, 1.807) is 9.58 Å². The molecule has 1 heterocycles. The van der Waals surface area contributed by atoms with Gasteiger partial charge in [0.15, 0.2) is 0 Å². The van der Waals surface area contributed by atoms with Crippen LogP contribution < -0.4 is 5.32 Å². The van der Waals surface area contributed by atoms with Crippen LogP contribution in [-0.4, -0.2) is 39.6 Å². The molecule has 1 N–H and O–H groups in total. The third kappa shape index (κ3) is 8.62. The van der Waals surface area contributed by atoms with Gasteiger partial charge >= 0.3 is 0 Å².